The molecule has 0 radical (unpaired) electrons. The fourth-order valence-corrected chi connectivity index (χ4v) is 8.86. The van der Waals surface area contributed by atoms with Crippen molar-refractivity contribution < 1.29 is 63.6 Å². The van der Waals surface area contributed by atoms with Gasteiger partial charge in [-0.05, 0) is 50.5 Å². The predicted octanol–water partition coefficient (Wildman–Crippen LogP) is -5.71. The zero-order valence-corrected chi connectivity index (χ0v) is 33.7. The topological polar surface area (TPSA) is 308 Å². The van der Waals surface area contributed by atoms with E-state index < -0.39 is 122 Å². The van der Waals surface area contributed by atoms with Gasteiger partial charge < -0.3 is 66.6 Å². The van der Waals surface area contributed by atoms with Crippen molar-refractivity contribution in [3.63, 3.8) is 0 Å². The number of carboxylic acids is 1. The van der Waals surface area contributed by atoms with E-state index in [0.717, 1.165) is 9.80 Å². The average molecular weight is 854 g/mol. The summed E-state index contributed by atoms with van der Waals surface area (Å²) in [5, 5.41) is 52.4. The van der Waals surface area contributed by atoms with Crippen LogP contribution in [0.5, 0.6) is 0 Å². The Morgan fingerprint density at radius 2 is 1.20 bits per heavy atom. The number of aliphatic hydroxyl groups is 3. The Morgan fingerprint density at radius 3 is 1.73 bits per heavy atom. The van der Waals surface area contributed by atoms with Gasteiger partial charge in [-0.2, -0.15) is 11.8 Å². The molecule has 0 aromatic carbocycles. The predicted molar refractivity (Wildman–Crippen MR) is 206 cm³/mol. The highest BCUT2D eigenvalue weighted by atomic mass is 32.2. The van der Waals surface area contributed by atoms with E-state index in [0.29, 0.717) is 31.6 Å². The third-order valence-corrected chi connectivity index (χ3v) is 12.0. The number of aliphatic carboxylic acids is 1. The molecule has 0 bridgehead atoms. The minimum absolute atomic E-state index is 0.104. The van der Waals surface area contributed by atoms with Crippen LogP contribution in [-0.2, 0) is 43.2 Å². The van der Waals surface area contributed by atoms with Gasteiger partial charge in [0.1, 0.15) is 36.8 Å². The van der Waals surface area contributed by atoms with Crippen LogP contribution in [0.25, 0.3) is 0 Å². The maximum atomic E-state index is 13.9. The molecule has 5 rings (SSSR count). The second-order valence-corrected chi connectivity index (χ2v) is 16.5. The molecule has 328 valence electrons. The van der Waals surface area contributed by atoms with E-state index in [1.165, 1.54) is 21.6 Å². The van der Waals surface area contributed by atoms with Gasteiger partial charge >= 0.3 is 5.97 Å². The number of nitrogens with zero attached hydrogens (tertiary/aromatic N) is 4. The SMILES string of the molecule is CSCC[C@H](NC(=O)[C@@H]1C[C@@H](O)CN1C(=O)CNC(=O)[C@@H]1CCCN1C(=O)[C@@H]1C[C@@H](O)CN1C(=O)CNC(=O)[C@@H]1CCCN1C(=O)[C@@H]1C[C@@H](O)CN1)C(=O)NCC(=O)O. The lowest BCUT2D eigenvalue weighted by molar-refractivity contribution is -0.147. The van der Waals surface area contributed by atoms with E-state index in [1.54, 1.807) is 6.26 Å². The van der Waals surface area contributed by atoms with Gasteiger partial charge in [0.25, 0.3) is 0 Å². The standard InChI is InChI=1S/C36H55N9O13S/c1-59-9-6-22(31(53)40-16-30(51)52)41-34(56)26-11-20(47)17-44(26)28(49)14-38-33(55)25-5-3-8-43(25)36(58)27-12-21(48)18-45(27)29(50)15-39-32(54)24-4-2-7-42(24)35(57)23-10-19(46)13-37-23/h19-27,37,46-48H,2-18H2,1H3,(H,38,55)(H,39,54)(H,40,53)(H,41,56)(H,51,52)/t19-,20-,21-,22+,23+,24+,25+,26+,27+/m1/s1. The Bertz CT molecular complexity index is 1640. The molecule has 5 fully saturated rings. The van der Waals surface area contributed by atoms with E-state index in [9.17, 15) is 58.5 Å². The number of rotatable bonds is 16. The second kappa shape index (κ2) is 20.6. The van der Waals surface area contributed by atoms with Crippen molar-refractivity contribution in [2.24, 2.45) is 0 Å². The number of thioether (sulfide) groups is 1. The first-order valence-electron chi connectivity index (χ1n) is 19.9. The van der Waals surface area contributed by atoms with Crippen molar-refractivity contribution >= 4 is 65.0 Å². The number of nitrogens with one attached hydrogen (secondary N) is 5. The molecule has 9 N–H and O–H groups in total. The molecule has 23 heteroatoms. The van der Waals surface area contributed by atoms with Crippen LogP contribution in [0.15, 0.2) is 0 Å². The molecule has 0 unspecified atom stereocenters. The molecular formula is C36H55N9O13S. The van der Waals surface area contributed by atoms with Crippen LogP contribution in [0.2, 0.25) is 0 Å². The van der Waals surface area contributed by atoms with Crippen molar-refractivity contribution in [1.29, 1.82) is 0 Å². The lowest BCUT2D eigenvalue weighted by Gasteiger charge is -2.31. The lowest BCUT2D eigenvalue weighted by Crippen LogP contribution is -2.56. The molecule has 8 amide bonds. The van der Waals surface area contributed by atoms with Gasteiger partial charge in [-0.25, -0.2) is 0 Å². The van der Waals surface area contributed by atoms with Gasteiger partial charge in [0.15, 0.2) is 0 Å². The minimum atomic E-state index is -1.27. The summed E-state index contributed by atoms with van der Waals surface area (Å²) in [6.45, 7) is -1.36. The largest absolute Gasteiger partial charge is 0.480 e. The number of hydrogen-bond donors (Lipinski definition) is 9. The molecule has 22 nitrogen and oxygen atoms in total. The van der Waals surface area contributed by atoms with Gasteiger partial charge in [0, 0.05) is 45.6 Å². The third-order valence-electron chi connectivity index (χ3n) is 11.4. The summed E-state index contributed by atoms with van der Waals surface area (Å²) in [4.78, 5) is 122. The molecule has 0 aromatic heterocycles. The number of hydrogen-bond acceptors (Lipinski definition) is 14. The fourth-order valence-electron chi connectivity index (χ4n) is 8.39. The van der Waals surface area contributed by atoms with Crippen molar-refractivity contribution in [2.45, 2.75) is 106 Å². The number of aliphatic hydroxyl groups excluding tert-OH is 3. The minimum Gasteiger partial charge on any atom is -0.480 e. The maximum Gasteiger partial charge on any atom is 0.322 e. The molecule has 0 aromatic rings. The molecule has 5 saturated heterocycles. The summed E-state index contributed by atoms with van der Waals surface area (Å²) in [5.74, 6) is -5.72. The van der Waals surface area contributed by atoms with Crippen LogP contribution in [0.1, 0.15) is 51.4 Å². The molecule has 5 aliphatic heterocycles. The number of carbonyl (C=O) groups is 9. The van der Waals surface area contributed by atoms with E-state index in [1.807, 2.05) is 0 Å². The smallest absolute Gasteiger partial charge is 0.322 e. The highest BCUT2D eigenvalue weighted by Gasteiger charge is 2.46. The van der Waals surface area contributed by atoms with Crippen LogP contribution in [-0.4, -0.2) is 212 Å². The Morgan fingerprint density at radius 1 is 0.661 bits per heavy atom. The number of amides is 8. The van der Waals surface area contributed by atoms with Gasteiger partial charge in [-0.15, -0.1) is 0 Å². The first-order valence-corrected chi connectivity index (χ1v) is 21.3. The van der Waals surface area contributed by atoms with Crippen LogP contribution in [0.4, 0.5) is 0 Å². The molecule has 0 saturated carbocycles. The van der Waals surface area contributed by atoms with Crippen LogP contribution in [0.3, 0.4) is 0 Å². The Hall–Kier alpha value is -4.58. The quantitative estimate of drug-likeness (QED) is 0.0699. The first-order chi connectivity index (χ1) is 28.1. The highest BCUT2D eigenvalue weighted by Crippen LogP contribution is 2.26. The van der Waals surface area contributed by atoms with Crippen molar-refractivity contribution in [1.82, 2.24) is 46.2 Å². The molecule has 59 heavy (non-hydrogen) atoms. The normalized spacial score (nSPS) is 28.3. The van der Waals surface area contributed by atoms with Crippen LogP contribution < -0.4 is 26.6 Å². The maximum absolute atomic E-state index is 13.9. The zero-order chi connectivity index (χ0) is 43.0. The second-order valence-electron chi connectivity index (χ2n) is 15.5. The number of likely N-dealkylation sites (tertiary alicyclic amines) is 4. The molecular weight excluding hydrogens is 799 g/mol. The van der Waals surface area contributed by atoms with Gasteiger partial charge in [0.05, 0.1) is 37.4 Å². The highest BCUT2D eigenvalue weighted by molar-refractivity contribution is 7.98. The summed E-state index contributed by atoms with van der Waals surface area (Å²) in [7, 11) is 0. The fraction of sp³-hybridized carbons (Fsp3) is 0.750. The molecule has 0 aliphatic carbocycles. The Kier molecular flexibility index (Phi) is 15.9. The molecule has 5 heterocycles. The summed E-state index contributed by atoms with van der Waals surface area (Å²) in [6, 6.07) is -5.85. The van der Waals surface area contributed by atoms with Crippen molar-refractivity contribution in [3.05, 3.63) is 0 Å². The number of β-amino-alcohol motifs (C(OH)–C–C–N with tert-alkyl or cyclic N) is 3. The summed E-state index contributed by atoms with van der Waals surface area (Å²) in [5.41, 5.74) is 0. The monoisotopic (exact) mass is 853 g/mol. The van der Waals surface area contributed by atoms with E-state index in [-0.39, 0.29) is 64.2 Å². The first kappa shape index (κ1) is 45.5. The average Bonchev–Trinajstić information content (AvgIpc) is 4.06. The molecule has 9 atom stereocenters. The Labute approximate surface area is 344 Å². The zero-order valence-electron chi connectivity index (χ0n) is 32.9. The number of carbonyl (C=O) groups excluding carboxylic acids is 8. The van der Waals surface area contributed by atoms with Gasteiger partial charge in [-0.1, -0.05) is 0 Å². The van der Waals surface area contributed by atoms with E-state index >= 15 is 0 Å². The van der Waals surface area contributed by atoms with Crippen molar-refractivity contribution in [2.75, 3.05) is 64.4 Å². The number of carboxylic acid groups (broad SMARTS) is 1. The lowest BCUT2D eigenvalue weighted by atomic mass is 10.1. The van der Waals surface area contributed by atoms with E-state index in [2.05, 4.69) is 26.6 Å². The Balaban J connectivity index is 1.13. The van der Waals surface area contributed by atoms with Crippen molar-refractivity contribution in [3.8, 4) is 0 Å². The summed E-state index contributed by atoms with van der Waals surface area (Å²) < 4.78 is 0. The third kappa shape index (κ3) is 11.4. The van der Waals surface area contributed by atoms with E-state index in [4.69, 9.17) is 5.11 Å². The summed E-state index contributed by atoms with van der Waals surface area (Å²) in [6.07, 6.45) is 0.819. The van der Waals surface area contributed by atoms with Crippen LogP contribution in [0, 0.1) is 0 Å². The van der Waals surface area contributed by atoms with Gasteiger partial charge in [-0.3, -0.25) is 43.2 Å². The summed E-state index contributed by atoms with van der Waals surface area (Å²) >= 11 is 1.40. The molecule has 0 spiro atoms. The van der Waals surface area contributed by atoms with Crippen LogP contribution >= 0.6 is 11.8 Å². The van der Waals surface area contributed by atoms with Gasteiger partial charge in [0.2, 0.25) is 47.3 Å². The molecule has 5 aliphatic rings.